The number of amides is 2. The van der Waals surface area contributed by atoms with Crippen LogP contribution < -0.4 is 5.32 Å². The number of nitrogens with one attached hydrogen (secondary N) is 1. The zero-order valence-corrected chi connectivity index (χ0v) is 17.6. The number of benzene rings is 2. The van der Waals surface area contributed by atoms with Crippen LogP contribution in [0.5, 0.6) is 0 Å². The van der Waals surface area contributed by atoms with E-state index in [1.165, 1.54) is 0 Å². The molecule has 2 amide bonds. The van der Waals surface area contributed by atoms with E-state index in [9.17, 15) is 9.59 Å². The highest BCUT2D eigenvalue weighted by molar-refractivity contribution is 6.30. The largest absolute Gasteiger partial charge is 0.350 e. The van der Waals surface area contributed by atoms with E-state index in [0.29, 0.717) is 30.1 Å². The first kappa shape index (κ1) is 22.4. The monoisotopic (exact) mass is 411 g/mol. The van der Waals surface area contributed by atoms with E-state index in [0.717, 1.165) is 17.5 Å². The fourth-order valence-electron chi connectivity index (χ4n) is 3.27. The Morgan fingerprint density at radius 2 is 1.90 bits per heavy atom. The standard InChI is InChI=1S/C21H20ClN3O2.C2H6/c22-18-8-6-15(7-9-18)14-24-21(27)19-5-2-10-25(19)20(26)12-16-3-1-4-17(11-16)13-23;1-2/h1,3-4,6-9,11,19H,2,5,10,12,14H2,(H,24,27);1-2H3. The van der Waals surface area contributed by atoms with Gasteiger partial charge in [0, 0.05) is 18.1 Å². The predicted octanol–water partition coefficient (Wildman–Crippen LogP) is 4.09. The zero-order valence-electron chi connectivity index (χ0n) is 16.8. The van der Waals surface area contributed by atoms with Crippen molar-refractivity contribution in [3.63, 3.8) is 0 Å². The number of hydrogen-bond donors (Lipinski definition) is 1. The van der Waals surface area contributed by atoms with Crippen LogP contribution in [0.3, 0.4) is 0 Å². The van der Waals surface area contributed by atoms with Crippen molar-refractivity contribution in [1.29, 1.82) is 5.26 Å². The maximum Gasteiger partial charge on any atom is 0.243 e. The average Bonchev–Trinajstić information content (AvgIpc) is 3.25. The van der Waals surface area contributed by atoms with Crippen molar-refractivity contribution in [3.8, 4) is 6.07 Å². The van der Waals surface area contributed by atoms with Gasteiger partial charge in [0.05, 0.1) is 18.1 Å². The molecule has 1 atom stereocenters. The Kier molecular flexibility index (Phi) is 8.69. The normalized spacial score (nSPS) is 15.1. The van der Waals surface area contributed by atoms with E-state index in [4.69, 9.17) is 16.9 Å². The highest BCUT2D eigenvalue weighted by atomic mass is 35.5. The smallest absolute Gasteiger partial charge is 0.243 e. The maximum absolute atomic E-state index is 12.7. The molecule has 6 heteroatoms. The number of carbonyl (C=O) groups is 2. The van der Waals surface area contributed by atoms with Gasteiger partial charge in [0.15, 0.2) is 0 Å². The minimum absolute atomic E-state index is 0.0887. The first-order chi connectivity index (χ1) is 14.1. The molecule has 5 nitrogen and oxygen atoms in total. The topological polar surface area (TPSA) is 73.2 Å². The van der Waals surface area contributed by atoms with Crippen LogP contribution in [0.4, 0.5) is 0 Å². The van der Waals surface area contributed by atoms with E-state index in [1.54, 1.807) is 35.2 Å². The second kappa shape index (κ2) is 11.2. The molecule has 0 saturated carbocycles. The summed E-state index contributed by atoms with van der Waals surface area (Å²) in [5, 5.41) is 12.5. The maximum atomic E-state index is 12.7. The SMILES string of the molecule is CC.N#Cc1cccc(CC(=O)N2CCCC2C(=O)NCc2ccc(Cl)cc2)c1. The third-order valence-electron chi connectivity index (χ3n) is 4.67. The minimum Gasteiger partial charge on any atom is -0.350 e. The number of likely N-dealkylation sites (tertiary alicyclic amines) is 1. The number of nitrogens with zero attached hydrogens (tertiary/aromatic N) is 2. The molecule has 1 fully saturated rings. The van der Waals surface area contributed by atoms with Gasteiger partial charge in [-0.15, -0.1) is 0 Å². The molecule has 152 valence electrons. The molecule has 1 saturated heterocycles. The number of nitriles is 1. The second-order valence-electron chi connectivity index (χ2n) is 6.58. The summed E-state index contributed by atoms with van der Waals surface area (Å²) in [6.45, 7) is 4.98. The van der Waals surface area contributed by atoms with Crippen LogP contribution in [0.15, 0.2) is 48.5 Å². The molecule has 1 unspecified atom stereocenters. The first-order valence-corrected chi connectivity index (χ1v) is 10.3. The van der Waals surface area contributed by atoms with Crippen molar-refractivity contribution in [2.24, 2.45) is 0 Å². The lowest BCUT2D eigenvalue weighted by Gasteiger charge is -2.24. The molecule has 2 aromatic rings. The number of halogens is 1. The molecule has 1 N–H and O–H groups in total. The van der Waals surface area contributed by atoms with Crippen LogP contribution in [-0.4, -0.2) is 29.3 Å². The van der Waals surface area contributed by atoms with E-state index in [2.05, 4.69) is 11.4 Å². The summed E-state index contributed by atoms with van der Waals surface area (Å²) < 4.78 is 0. The molecule has 29 heavy (non-hydrogen) atoms. The number of rotatable bonds is 5. The Bertz CT molecular complexity index is 874. The first-order valence-electron chi connectivity index (χ1n) is 9.87. The van der Waals surface area contributed by atoms with Gasteiger partial charge in [-0.3, -0.25) is 9.59 Å². The van der Waals surface area contributed by atoms with Crippen molar-refractivity contribution >= 4 is 23.4 Å². The Morgan fingerprint density at radius 3 is 2.59 bits per heavy atom. The van der Waals surface area contributed by atoms with Gasteiger partial charge in [-0.25, -0.2) is 0 Å². The van der Waals surface area contributed by atoms with E-state index in [-0.39, 0.29) is 18.2 Å². The molecule has 1 heterocycles. The van der Waals surface area contributed by atoms with Gasteiger partial charge in [0.2, 0.25) is 11.8 Å². The molecule has 1 aliphatic rings. The summed E-state index contributed by atoms with van der Waals surface area (Å²) in [6.07, 6.45) is 1.66. The van der Waals surface area contributed by atoms with Crippen LogP contribution in [0.1, 0.15) is 43.4 Å². The van der Waals surface area contributed by atoms with Crippen molar-refractivity contribution < 1.29 is 9.59 Å². The summed E-state index contributed by atoms with van der Waals surface area (Å²) in [5.74, 6) is -0.226. The highest BCUT2D eigenvalue weighted by Gasteiger charge is 2.33. The summed E-state index contributed by atoms with van der Waals surface area (Å²) in [5.41, 5.74) is 2.27. The molecule has 0 aromatic heterocycles. The van der Waals surface area contributed by atoms with E-state index >= 15 is 0 Å². The molecule has 0 radical (unpaired) electrons. The summed E-state index contributed by atoms with van der Waals surface area (Å²) in [6, 6.07) is 15.9. The average molecular weight is 412 g/mol. The fourth-order valence-corrected chi connectivity index (χ4v) is 3.40. The third-order valence-corrected chi connectivity index (χ3v) is 4.92. The molecule has 1 aliphatic heterocycles. The van der Waals surface area contributed by atoms with Crippen molar-refractivity contribution in [1.82, 2.24) is 10.2 Å². The fraction of sp³-hybridized carbons (Fsp3) is 0.348. The molecule has 0 spiro atoms. The summed E-state index contributed by atoms with van der Waals surface area (Å²) in [4.78, 5) is 26.9. The Hall–Kier alpha value is -2.84. The molecule has 2 aromatic carbocycles. The highest BCUT2D eigenvalue weighted by Crippen LogP contribution is 2.19. The van der Waals surface area contributed by atoms with Gasteiger partial charge in [0.1, 0.15) is 6.04 Å². The lowest BCUT2D eigenvalue weighted by molar-refractivity contribution is -0.138. The van der Waals surface area contributed by atoms with Crippen molar-refractivity contribution in [2.75, 3.05) is 6.54 Å². The quantitative estimate of drug-likeness (QED) is 0.805. The molecule has 0 aliphatic carbocycles. The van der Waals surface area contributed by atoms with Crippen LogP contribution in [0.2, 0.25) is 5.02 Å². The Morgan fingerprint density at radius 1 is 1.17 bits per heavy atom. The van der Waals surface area contributed by atoms with Crippen LogP contribution in [0.25, 0.3) is 0 Å². The van der Waals surface area contributed by atoms with Crippen molar-refractivity contribution in [2.45, 2.75) is 45.7 Å². The van der Waals surface area contributed by atoms with Crippen LogP contribution in [-0.2, 0) is 22.6 Å². The third kappa shape index (κ3) is 6.33. The number of hydrogen-bond acceptors (Lipinski definition) is 3. The van der Waals surface area contributed by atoms with Crippen LogP contribution >= 0.6 is 11.6 Å². The van der Waals surface area contributed by atoms with Gasteiger partial charge < -0.3 is 10.2 Å². The lowest BCUT2D eigenvalue weighted by atomic mass is 10.1. The van der Waals surface area contributed by atoms with Crippen LogP contribution in [0, 0.1) is 11.3 Å². The van der Waals surface area contributed by atoms with E-state index in [1.807, 2.05) is 32.0 Å². The molecular weight excluding hydrogens is 386 g/mol. The second-order valence-corrected chi connectivity index (χ2v) is 7.01. The van der Waals surface area contributed by atoms with E-state index < -0.39 is 6.04 Å². The Balaban J connectivity index is 0.00000145. The van der Waals surface area contributed by atoms with Crippen molar-refractivity contribution in [3.05, 3.63) is 70.2 Å². The summed E-state index contributed by atoms with van der Waals surface area (Å²) >= 11 is 5.87. The Labute approximate surface area is 177 Å². The summed E-state index contributed by atoms with van der Waals surface area (Å²) in [7, 11) is 0. The van der Waals surface area contributed by atoms with Gasteiger partial charge in [0.25, 0.3) is 0 Å². The molecule has 3 rings (SSSR count). The minimum atomic E-state index is -0.441. The van der Waals surface area contributed by atoms with Gasteiger partial charge in [-0.2, -0.15) is 5.26 Å². The van der Waals surface area contributed by atoms with Gasteiger partial charge in [-0.05, 0) is 48.2 Å². The predicted molar refractivity (Wildman–Crippen MR) is 114 cm³/mol. The van der Waals surface area contributed by atoms with Gasteiger partial charge in [-0.1, -0.05) is 49.7 Å². The van der Waals surface area contributed by atoms with Gasteiger partial charge >= 0.3 is 0 Å². The number of carbonyl (C=O) groups excluding carboxylic acids is 2. The molecule has 0 bridgehead atoms. The molecular formula is C23H26ClN3O2. The zero-order chi connectivity index (χ0) is 21.2. The lowest BCUT2D eigenvalue weighted by Crippen LogP contribution is -2.46.